The number of pyridine rings is 1. The van der Waals surface area contributed by atoms with E-state index < -0.39 is 0 Å². The van der Waals surface area contributed by atoms with Crippen LogP contribution in [-0.4, -0.2) is 4.98 Å². The number of nitrogens with one attached hydrogen (secondary N) is 1. The Bertz CT molecular complexity index is 511. The predicted molar refractivity (Wildman–Crippen MR) is 70.4 cm³/mol. The number of rotatable bonds is 3. The van der Waals surface area contributed by atoms with E-state index in [1.54, 1.807) is 18.3 Å². The van der Waals surface area contributed by atoms with E-state index in [9.17, 15) is 4.39 Å². The molecule has 4 heteroatoms. The summed E-state index contributed by atoms with van der Waals surface area (Å²) in [5.41, 5.74) is 2.95. The molecule has 1 N–H and O–H groups in total. The van der Waals surface area contributed by atoms with Crippen molar-refractivity contribution in [3.05, 3.63) is 58.1 Å². The lowest BCUT2D eigenvalue weighted by molar-refractivity contribution is 0.627. The highest BCUT2D eigenvalue weighted by atomic mass is 79.9. The Hall–Kier alpha value is -1.42. The Morgan fingerprint density at radius 2 is 2.00 bits per heavy atom. The zero-order chi connectivity index (χ0) is 12.3. The molecule has 17 heavy (non-hydrogen) atoms. The lowest BCUT2D eigenvalue weighted by Gasteiger charge is -2.09. The first-order valence-electron chi connectivity index (χ1n) is 5.25. The fraction of sp³-hybridized carbons (Fsp3) is 0.154. The first-order chi connectivity index (χ1) is 8.15. The molecule has 0 aliphatic heterocycles. The van der Waals surface area contributed by atoms with Gasteiger partial charge in [0.15, 0.2) is 0 Å². The maximum atomic E-state index is 12.7. The zero-order valence-electron chi connectivity index (χ0n) is 9.37. The monoisotopic (exact) mass is 294 g/mol. The lowest BCUT2D eigenvalue weighted by Crippen LogP contribution is -2.02. The van der Waals surface area contributed by atoms with Crippen LogP contribution in [0, 0.1) is 12.7 Å². The molecule has 0 amide bonds. The molecule has 0 atom stereocenters. The van der Waals surface area contributed by atoms with Crippen molar-refractivity contribution in [2.75, 3.05) is 5.32 Å². The van der Waals surface area contributed by atoms with Gasteiger partial charge in [-0.05, 0) is 46.6 Å². The number of hydrogen-bond donors (Lipinski definition) is 1. The van der Waals surface area contributed by atoms with Gasteiger partial charge in [0, 0.05) is 17.2 Å². The summed E-state index contributed by atoms with van der Waals surface area (Å²) in [5, 5.41) is 3.27. The Morgan fingerprint density at radius 3 is 2.71 bits per heavy atom. The molecule has 0 spiro atoms. The van der Waals surface area contributed by atoms with Gasteiger partial charge in [-0.25, -0.2) is 4.39 Å². The van der Waals surface area contributed by atoms with Crippen LogP contribution in [0.25, 0.3) is 0 Å². The van der Waals surface area contributed by atoms with E-state index in [0.29, 0.717) is 6.54 Å². The molecule has 2 aromatic rings. The molecule has 2 rings (SSSR count). The number of halogens is 2. The van der Waals surface area contributed by atoms with Crippen molar-refractivity contribution in [3.63, 3.8) is 0 Å². The minimum atomic E-state index is -0.214. The lowest BCUT2D eigenvalue weighted by atomic mass is 10.2. The molecule has 0 saturated carbocycles. The maximum Gasteiger partial charge on any atom is 0.123 e. The van der Waals surface area contributed by atoms with Gasteiger partial charge in [-0.3, -0.25) is 4.98 Å². The fourth-order valence-electron chi connectivity index (χ4n) is 1.49. The highest BCUT2D eigenvalue weighted by Crippen LogP contribution is 2.18. The fourth-order valence-corrected chi connectivity index (χ4v) is 1.82. The third-order valence-electron chi connectivity index (χ3n) is 2.45. The Labute approximate surface area is 108 Å². The average Bonchev–Trinajstić information content (AvgIpc) is 2.32. The molecule has 1 heterocycles. The standard InChI is InChI=1S/C13H12BrFN2/c1-9-13(6-11(14)8-16-9)17-7-10-2-4-12(15)5-3-10/h2-6,8,17H,7H2,1H3. The summed E-state index contributed by atoms with van der Waals surface area (Å²) in [5.74, 6) is -0.214. The molecule has 1 aromatic heterocycles. The molecule has 0 aliphatic carbocycles. The van der Waals surface area contributed by atoms with Crippen LogP contribution in [0.1, 0.15) is 11.3 Å². The molecule has 0 unspecified atom stereocenters. The third-order valence-corrected chi connectivity index (χ3v) is 2.88. The quantitative estimate of drug-likeness (QED) is 0.928. The normalized spacial score (nSPS) is 10.3. The van der Waals surface area contributed by atoms with Crippen LogP contribution < -0.4 is 5.32 Å². The SMILES string of the molecule is Cc1ncc(Br)cc1NCc1ccc(F)cc1. The van der Waals surface area contributed by atoms with Crippen LogP contribution in [0.2, 0.25) is 0 Å². The van der Waals surface area contributed by atoms with Crippen LogP contribution in [-0.2, 0) is 6.54 Å². The van der Waals surface area contributed by atoms with E-state index in [1.807, 2.05) is 13.0 Å². The van der Waals surface area contributed by atoms with Crippen molar-refractivity contribution >= 4 is 21.6 Å². The van der Waals surface area contributed by atoms with Crippen LogP contribution in [0.15, 0.2) is 41.0 Å². The summed E-state index contributed by atoms with van der Waals surface area (Å²) in [6, 6.07) is 8.43. The van der Waals surface area contributed by atoms with Crippen molar-refractivity contribution < 1.29 is 4.39 Å². The van der Waals surface area contributed by atoms with Gasteiger partial charge in [-0.1, -0.05) is 12.1 Å². The number of anilines is 1. The summed E-state index contributed by atoms with van der Waals surface area (Å²) in [6.45, 7) is 2.60. The van der Waals surface area contributed by atoms with Crippen LogP contribution in [0.4, 0.5) is 10.1 Å². The summed E-state index contributed by atoms with van der Waals surface area (Å²) in [6.07, 6.45) is 1.76. The molecule has 0 saturated heterocycles. The second-order valence-corrected chi connectivity index (χ2v) is 4.68. The highest BCUT2D eigenvalue weighted by molar-refractivity contribution is 9.10. The van der Waals surface area contributed by atoms with Crippen molar-refractivity contribution in [2.24, 2.45) is 0 Å². The number of hydrogen-bond acceptors (Lipinski definition) is 2. The van der Waals surface area contributed by atoms with Gasteiger partial charge >= 0.3 is 0 Å². The Kier molecular flexibility index (Phi) is 3.74. The van der Waals surface area contributed by atoms with Crippen LogP contribution in [0.5, 0.6) is 0 Å². The maximum absolute atomic E-state index is 12.7. The van der Waals surface area contributed by atoms with Gasteiger partial charge in [-0.2, -0.15) is 0 Å². The molecule has 0 fully saturated rings. The van der Waals surface area contributed by atoms with Gasteiger partial charge < -0.3 is 5.32 Å². The van der Waals surface area contributed by atoms with Crippen molar-refractivity contribution in [1.82, 2.24) is 4.98 Å². The van der Waals surface area contributed by atoms with E-state index in [2.05, 4.69) is 26.2 Å². The molecule has 1 aromatic carbocycles. The second kappa shape index (κ2) is 5.27. The van der Waals surface area contributed by atoms with Gasteiger partial charge in [0.25, 0.3) is 0 Å². The van der Waals surface area contributed by atoms with E-state index in [-0.39, 0.29) is 5.82 Å². The summed E-state index contributed by atoms with van der Waals surface area (Å²) in [4.78, 5) is 4.24. The number of nitrogens with zero attached hydrogens (tertiary/aromatic N) is 1. The number of aryl methyl sites for hydroxylation is 1. The molecule has 0 bridgehead atoms. The topological polar surface area (TPSA) is 24.9 Å². The molecule has 0 radical (unpaired) electrons. The van der Waals surface area contributed by atoms with E-state index >= 15 is 0 Å². The highest BCUT2D eigenvalue weighted by Gasteiger charge is 2.00. The van der Waals surface area contributed by atoms with Crippen LogP contribution >= 0.6 is 15.9 Å². The molecule has 0 aliphatic rings. The van der Waals surface area contributed by atoms with Gasteiger partial charge in [0.1, 0.15) is 5.82 Å². The molecular formula is C13H12BrFN2. The average molecular weight is 295 g/mol. The number of aromatic nitrogens is 1. The summed E-state index contributed by atoms with van der Waals surface area (Å²) >= 11 is 3.38. The number of benzene rings is 1. The Balaban J connectivity index is 2.07. The molecular weight excluding hydrogens is 283 g/mol. The van der Waals surface area contributed by atoms with E-state index in [1.165, 1.54) is 12.1 Å². The van der Waals surface area contributed by atoms with E-state index in [0.717, 1.165) is 21.4 Å². The first-order valence-corrected chi connectivity index (χ1v) is 6.05. The van der Waals surface area contributed by atoms with Crippen LogP contribution in [0.3, 0.4) is 0 Å². The smallest absolute Gasteiger partial charge is 0.123 e. The van der Waals surface area contributed by atoms with Crippen molar-refractivity contribution in [1.29, 1.82) is 0 Å². The van der Waals surface area contributed by atoms with Crippen molar-refractivity contribution in [3.8, 4) is 0 Å². The van der Waals surface area contributed by atoms with E-state index in [4.69, 9.17) is 0 Å². The zero-order valence-corrected chi connectivity index (χ0v) is 11.0. The van der Waals surface area contributed by atoms with Gasteiger partial charge in [0.2, 0.25) is 0 Å². The minimum absolute atomic E-state index is 0.214. The third kappa shape index (κ3) is 3.27. The predicted octanol–water partition coefficient (Wildman–Crippen LogP) is 3.90. The minimum Gasteiger partial charge on any atom is -0.379 e. The first kappa shape index (κ1) is 12.0. The Morgan fingerprint density at radius 1 is 1.29 bits per heavy atom. The summed E-state index contributed by atoms with van der Waals surface area (Å²) < 4.78 is 13.7. The van der Waals surface area contributed by atoms with Gasteiger partial charge in [-0.15, -0.1) is 0 Å². The second-order valence-electron chi connectivity index (χ2n) is 3.77. The molecule has 2 nitrogen and oxygen atoms in total. The van der Waals surface area contributed by atoms with Crippen molar-refractivity contribution in [2.45, 2.75) is 13.5 Å². The summed E-state index contributed by atoms with van der Waals surface area (Å²) in [7, 11) is 0. The largest absolute Gasteiger partial charge is 0.379 e. The van der Waals surface area contributed by atoms with Gasteiger partial charge in [0.05, 0.1) is 11.4 Å². The molecule has 88 valence electrons.